The van der Waals surface area contributed by atoms with Crippen LogP contribution in [0, 0.1) is 0 Å². The first-order valence-corrected chi connectivity index (χ1v) is 4.30. The quantitative estimate of drug-likeness (QED) is 0.539. The molecule has 5 nitrogen and oxygen atoms in total. The van der Waals surface area contributed by atoms with Crippen LogP contribution in [0.3, 0.4) is 0 Å². The first-order valence-electron chi connectivity index (χ1n) is 4.30. The summed E-state index contributed by atoms with van der Waals surface area (Å²) in [5.41, 5.74) is 0.460. The molecule has 0 saturated heterocycles. The Hall–Kier alpha value is -1.52. The molecule has 0 aliphatic rings. The molecule has 1 N–H and O–H groups in total. The number of allylic oxidation sites excluding steroid dienone is 1. The van der Waals surface area contributed by atoms with Crippen molar-refractivity contribution in [3.8, 4) is 0 Å². The first-order chi connectivity index (χ1) is 6.47. The monoisotopic (exact) mass is 200 g/mol. The summed E-state index contributed by atoms with van der Waals surface area (Å²) >= 11 is 0. The number of hydrogen-bond acceptors (Lipinski definition) is 3. The molecule has 80 valence electrons. The molecule has 0 saturated carbocycles. The third-order valence-corrected chi connectivity index (χ3v) is 1.33. The molecule has 5 heteroatoms. The molecule has 0 aromatic rings. The van der Waals surface area contributed by atoms with Crippen molar-refractivity contribution in [1.29, 1.82) is 0 Å². The van der Waals surface area contributed by atoms with Gasteiger partial charge in [0, 0.05) is 25.9 Å². The van der Waals surface area contributed by atoms with Crippen LogP contribution in [0.5, 0.6) is 0 Å². The fourth-order valence-electron chi connectivity index (χ4n) is 0.677. The summed E-state index contributed by atoms with van der Waals surface area (Å²) in [6.45, 7) is 3.67. The van der Waals surface area contributed by atoms with Crippen LogP contribution >= 0.6 is 0 Å². The number of ether oxygens (including phenoxy) is 1. The summed E-state index contributed by atoms with van der Waals surface area (Å²) in [6, 6.07) is -0.275. The number of nitrogens with zero attached hydrogens (tertiary/aromatic N) is 1. The second-order valence-corrected chi connectivity index (χ2v) is 2.90. The van der Waals surface area contributed by atoms with Gasteiger partial charge >= 0.3 is 12.0 Å². The van der Waals surface area contributed by atoms with Gasteiger partial charge in [-0.05, 0) is 13.8 Å². The lowest BCUT2D eigenvalue weighted by molar-refractivity contribution is -0.137. The lowest BCUT2D eigenvalue weighted by Gasteiger charge is -2.11. The van der Waals surface area contributed by atoms with E-state index >= 15 is 0 Å². The number of carbonyl (C=O) groups is 2. The van der Waals surface area contributed by atoms with Gasteiger partial charge in [0.2, 0.25) is 0 Å². The SMILES string of the molecule is CCOC(=O)/C=C(/C)NC(=O)N(C)C. The van der Waals surface area contributed by atoms with E-state index in [1.807, 2.05) is 0 Å². The molecule has 0 rings (SSSR count). The van der Waals surface area contributed by atoms with Gasteiger partial charge in [-0.1, -0.05) is 0 Å². The van der Waals surface area contributed by atoms with Gasteiger partial charge in [0.1, 0.15) is 0 Å². The van der Waals surface area contributed by atoms with Gasteiger partial charge in [-0.2, -0.15) is 0 Å². The number of rotatable bonds is 3. The van der Waals surface area contributed by atoms with Gasteiger partial charge in [-0.25, -0.2) is 9.59 Å². The minimum atomic E-state index is -0.455. The summed E-state index contributed by atoms with van der Waals surface area (Å²) < 4.78 is 4.67. The molecule has 0 atom stereocenters. The molecule has 14 heavy (non-hydrogen) atoms. The Morgan fingerprint density at radius 1 is 1.43 bits per heavy atom. The van der Waals surface area contributed by atoms with Gasteiger partial charge in [0.25, 0.3) is 0 Å². The van der Waals surface area contributed by atoms with Crippen LogP contribution < -0.4 is 5.32 Å². The van der Waals surface area contributed by atoms with E-state index in [4.69, 9.17) is 0 Å². The van der Waals surface area contributed by atoms with E-state index in [1.165, 1.54) is 11.0 Å². The van der Waals surface area contributed by atoms with Gasteiger partial charge < -0.3 is 15.0 Å². The Morgan fingerprint density at radius 2 is 2.00 bits per heavy atom. The molecule has 2 amide bonds. The van der Waals surface area contributed by atoms with Crippen LogP contribution in [-0.4, -0.2) is 37.6 Å². The largest absolute Gasteiger partial charge is 0.463 e. The normalized spacial score (nSPS) is 10.7. The molecular formula is C9H16N2O3. The topological polar surface area (TPSA) is 58.6 Å². The fourth-order valence-corrected chi connectivity index (χ4v) is 0.677. The van der Waals surface area contributed by atoms with Gasteiger partial charge in [-0.15, -0.1) is 0 Å². The van der Waals surface area contributed by atoms with E-state index in [-0.39, 0.29) is 6.03 Å². The highest BCUT2D eigenvalue weighted by atomic mass is 16.5. The zero-order chi connectivity index (χ0) is 11.1. The smallest absolute Gasteiger partial charge is 0.332 e. The Morgan fingerprint density at radius 3 is 2.43 bits per heavy atom. The lowest BCUT2D eigenvalue weighted by Crippen LogP contribution is -2.33. The maximum Gasteiger partial charge on any atom is 0.332 e. The predicted octanol–water partition coefficient (Wildman–Crippen LogP) is 0.725. The van der Waals surface area contributed by atoms with Crippen molar-refractivity contribution in [3.05, 3.63) is 11.8 Å². The second kappa shape index (κ2) is 6.01. The molecule has 0 unspecified atom stereocenters. The Labute approximate surface area is 83.7 Å². The third-order valence-electron chi connectivity index (χ3n) is 1.33. The van der Waals surface area contributed by atoms with Crippen molar-refractivity contribution < 1.29 is 14.3 Å². The molecular weight excluding hydrogens is 184 g/mol. The van der Waals surface area contributed by atoms with Gasteiger partial charge in [0.15, 0.2) is 0 Å². The number of urea groups is 1. The van der Waals surface area contributed by atoms with Crippen molar-refractivity contribution in [3.63, 3.8) is 0 Å². The number of esters is 1. The van der Waals surface area contributed by atoms with Crippen LogP contribution in [0.25, 0.3) is 0 Å². The summed E-state index contributed by atoms with van der Waals surface area (Å²) in [6.07, 6.45) is 1.24. The molecule has 0 bridgehead atoms. The average Bonchev–Trinajstić information content (AvgIpc) is 2.03. The van der Waals surface area contributed by atoms with Crippen molar-refractivity contribution in [2.24, 2.45) is 0 Å². The zero-order valence-corrected chi connectivity index (χ0v) is 8.96. The minimum Gasteiger partial charge on any atom is -0.463 e. The van der Waals surface area contributed by atoms with Crippen molar-refractivity contribution in [2.45, 2.75) is 13.8 Å². The number of amides is 2. The van der Waals surface area contributed by atoms with Gasteiger partial charge in [0.05, 0.1) is 6.61 Å². The molecule has 0 aromatic carbocycles. The molecule has 0 spiro atoms. The van der Waals surface area contributed by atoms with Crippen molar-refractivity contribution >= 4 is 12.0 Å². The number of nitrogens with one attached hydrogen (secondary N) is 1. The summed E-state index contributed by atoms with van der Waals surface area (Å²) in [5.74, 6) is -0.455. The van der Waals surface area contributed by atoms with Crippen molar-refractivity contribution in [2.75, 3.05) is 20.7 Å². The highest BCUT2D eigenvalue weighted by molar-refractivity contribution is 5.84. The predicted molar refractivity (Wildman–Crippen MR) is 52.6 cm³/mol. The van der Waals surface area contributed by atoms with Crippen LogP contribution in [0.1, 0.15) is 13.8 Å². The first kappa shape index (κ1) is 12.5. The minimum absolute atomic E-state index is 0.275. The van der Waals surface area contributed by atoms with E-state index in [2.05, 4.69) is 10.1 Å². The Bertz CT molecular complexity index is 246. The Kier molecular flexibility index (Phi) is 5.36. The highest BCUT2D eigenvalue weighted by Crippen LogP contribution is 1.91. The van der Waals surface area contributed by atoms with Crippen LogP contribution in [0.15, 0.2) is 11.8 Å². The zero-order valence-electron chi connectivity index (χ0n) is 8.96. The maximum atomic E-state index is 11.1. The number of carbonyl (C=O) groups excluding carboxylic acids is 2. The Balaban J connectivity index is 4.13. The van der Waals surface area contributed by atoms with Crippen LogP contribution in [-0.2, 0) is 9.53 Å². The maximum absolute atomic E-state index is 11.1. The molecule has 0 aliphatic carbocycles. The van der Waals surface area contributed by atoms with E-state index in [1.54, 1.807) is 27.9 Å². The molecule has 0 aliphatic heterocycles. The average molecular weight is 200 g/mol. The summed E-state index contributed by atoms with van der Waals surface area (Å²) in [5, 5.41) is 2.52. The van der Waals surface area contributed by atoms with E-state index in [9.17, 15) is 9.59 Å². The highest BCUT2D eigenvalue weighted by Gasteiger charge is 2.04. The molecule has 0 heterocycles. The second-order valence-electron chi connectivity index (χ2n) is 2.90. The van der Waals surface area contributed by atoms with E-state index in [0.29, 0.717) is 12.3 Å². The van der Waals surface area contributed by atoms with Crippen molar-refractivity contribution in [1.82, 2.24) is 10.2 Å². The fraction of sp³-hybridized carbons (Fsp3) is 0.556. The van der Waals surface area contributed by atoms with E-state index < -0.39 is 5.97 Å². The van der Waals surface area contributed by atoms with Crippen LogP contribution in [0.4, 0.5) is 4.79 Å². The third kappa shape index (κ3) is 5.18. The molecule has 0 aromatic heterocycles. The molecule has 0 radical (unpaired) electrons. The number of hydrogen-bond donors (Lipinski definition) is 1. The van der Waals surface area contributed by atoms with E-state index in [0.717, 1.165) is 0 Å². The summed E-state index contributed by atoms with van der Waals surface area (Å²) in [7, 11) is 3.24. The van der Waals surface area contributed by atoms with Crippen LogP contribution in [0.2, 0.25) is 0 Å². The summed E-state index contributed by atoms with van der Waals surface area (Å²) in [4.78, 5) is 23.4. The molecule has 0 fully saturated rings. The standard InChI is InChI=1S/C9H16N2O3/c1-5-14-8(12)6-7(2)10-9(13)11(3)4/h6H,5H2,1-4H3,(H,10,13)/b7-6-. The van der Waals surface area contributed by atoms with Gasteiger partial charge in [-0.3, -0.25) is 0 Å². The lowest BCUT2D eigenvalue weighted by atomic mass is 10.4.